The first kappa shape index (κ1) is 11.9. The normalized spacial score (nSPS) is 11.9. The molecule has 0 unspecified atom stereocenters. The zero-order valence-corrected chi connectivity index (χ0v) is 11.0. The summed E-state index contributed by atoms with van der Waals surface area (Å²) in [4.78, 5) is 0. The maximum absolute atomic E-state index is 2.26. The van der Waals surface area contributed by atoms with Gasteiger partial charge in [-0.05, 0) is 47.6 Å². The number of rotatable bonds is 0. The molecule has 0 saturated carbocycles. The van der Waals surface area contributed by atoms with Crippen LogP contribution in [0.25, 0.3) is 0 Å². The van der Waals surface area contributed by atoms with E-state index in [0.717, 1.165) is 12.8 Å². The van der Waals surface area contributed by atoms with Gasteiger partial charge in [-0.15, -0.1) is 0 Å². The Bertz CT molecular complexity index is 509. The molecule has 0 N–H and O–H groups in total. The van der Waals surface area contributed by atoms with E-state index in [0.29, 0.717) is 0 Å². The van der Waals surface area contributed by atoms with E-state index in [-0.39, 0.29) is 0 Å². The lowest BCUT2D eigenvalue weighted by atomic mass is 9.84. The fourth-order valence-electron chi connectivity index (χ4n) is 2.48. The Morgan fingerprint density at radius 1 is 0.706 bits per heavy atom. The molecule has 2 aromatic rings. The summed E-state index contributed by atoms with van der Waals surface area (Å²) in [5.74, 6) is 0. The van der Waals surface area contributed by atoms with Gasteiger partial charge in [0.05, 0.1) is 0 Å². The fraction of sp³-hybridized carbons (Fsp3) is 0.294. The standard InChI is InChI=1S/C15H14.C2H6/c1-11-5-4-8-14-9-12-6-2-3-7-13(12)10-15(11)14;1-2/h2-8H,9-10H2,1H3;1-2H3. The van der Waals surface area contributed by atoms with E-state index >= 15 is 0 Å². The highest BCUT2D eigenvalue weighted by Crippen LogP contribution is 2.28. The van der Waals surface area contributed by atoms with Crippen LogP contribution in [0.5, 0.6) is 0 Å². The van der Waals surface area contributed by atoms with Crippen molar-refractivity contribution in [1.29, 1.82) is 0 Å². The van der Waals surface area contributed by atoms with Gasteiger partial charge in [0.15, 0.2) is 0 Å². The molecule has 0 fully saturated rings. The Balaban J connectivity index is 0.000000514. The van der Waals surface area contributed by atoms with Gasteiger partial charge in [-0.1, -0.05) is 56.3 Å². The van der Waals surface area contributed by atoms with Crippen molar-refractivity contribution in [1.82, 2.24) is 0 Å². The number of hydrogen-bond acceptors (Lipinski definition) is 0. The second-order valence-corrected chi connectivity index (χ2v) is 4.33. The molecule has 1 aliphatic rings. The Labute approximate surface area is 104 Å². The Kier molecular flexibility index (Phi) is 3.63. The van der Waals surface area contributed by atoms with Crippen molar-refractivity contribution in [3.63, 3.8) is 0 Å². The van der Waals surface area contributed by atoms with Crippen LogP contribution in [0, 0.1) is 6.92 Å². The Morgan fingerprint density at radius 3 is 2.00 bits per heavy atom. The molecule has 0 nitrogen and oxygen atoms in total. The summed E-state index contributed by atoms with van der Waals surface area (Å²) in [7, 11) is 0. The highest BCUT2D eigenvalue weighted by atomic mass is 14.2. The zero-order chi connectivity index (χ0) is 12.3. The largest absolute Gasteiger partial charge is 0.0683 e. The van der Waals surface area contributed by atoms with Gasteiger partial charge in [0.2, 0.25) is 0 Å². The van der Waals surface area contributed by atoms with Crippen LogP contribution in [0.4, 0.5) is 0 Å². The third-order valence-electron chi connectivity index (χ3n) is 3.37. The summed E-state index contributed by atoms with van der Waals surface area (Å²) in [5.41, 5.74) is 7.47. The smallest absolute Gasteiger partial charge is 0.00174 e. The molecule has 0 spiro atoms. The maximum atomic E-state index is 2.26. The van der Waals surface area contributed by atoms with Gasteiger partial charge < -0.3 is 0 Å². The average Bonchev–Trinajstić information content (AvgIpc) is 2.40. The molecule has 1 aliphatic carbocycles. The molecule has 0 heterocycles. The van der Waals surface area contributed by atoms with E-state index in [1.54, 1.807) is 0 Å². The van der Waals surface area contributed by atoms with Crippen LogP contribution in [0.1, 0.15) is 41.7 Å². The Morgan fingerprint density at radius 2 is 1.29 bits per heavy atom. The first-order valence-corrected chi connectivity index (χ1v) is 6.49. The minimum Gasteiger partial charge on any atom is -0.0683 e. The van der Waals surface area contributed by atoms with E-state index in [1.165, 1.54) is 27.8 Å². The van der Waals surface area contributed by atoms with Crippen molar-refractivity contribution < 1.29 is 0 Å². The van der Waals surface area contributed by atoms with Gasteiger partial charge in [0.1, 0.15) is 0 Å². The minimum absolute atomic E-state index is 1.10. The molecule has 0 amide bonds. The van der Waals surface area contributed by atoms with E-state index in [1.807, 2.05) is 13.8 Å². The fourth-order valence-corrected chi connectivity index (χ4v) is 2.48. The van der Waals surface area contributed by atoms with E-state index < -0.39 is 0 Å². The molecule has 0 saturated heterocycles. The first-order chi connectivity index (χ1) is 8.34. The van der Waals surface area contributed by atoms with Gasteiger partial charge in [-0.2, -0.15) is 0 Å². The van der Waals surface area contributed by atoms with Gasteiger partial charge >= 0.3 is 0 Å². The monoisotopic (exact) mass is 224 g/mol. The first-order valence-electron chi connectivity index (χ1n) is 6.49. The summed E-state index contributed by atoms with van der Waals surface area (Å²) in [6.45, 7) is 6.22. The number of benzene rings is 2. The third kappa shape index (κ3) is 2.26. The summed E-state index contributed by atoms with van der Waals surface area (Å²) >= 11 is 0. The van der Waals surface area contributed by atoms with Crippen LogP contribution >= 0.6 is 0 Å². The molecular weight excluding hydrogens is 204 g/mol. The van der Waals surface area contributed by atoms with Gasteiger partial charge in [0, 0.05) is 0 Å². The number of hydrogen-bond donors (Lipinski definition) is 0. The quantitative estimate of drug-likeness (QED) is 0.527. The van der Waals surface area contributed by atoms with Crippen molar-refractivity contribution in [3.8, 4) is 0 Å². The van der Waals surface area contributed by atoms with Crippen molar-refractivity contribution >= 4 is 0 Å². The van der Waals surface area contributed by atoms with E-state index in [9.17, 15) is 0 Å². The molecule has 3 rings (SSSR count). The van der Waals surface area contributed by atoms with E-state index in [2.05, 4.69) is 49.4 Å². The van der Waals surface area contributed by atoms with Crippen LogP contribution in [-0.4, -0.2) is 0 Å². The SMILES string of the molecule is CC.Cc1cccc2c1Cc1ccccc1C2. The van der Waals surface area contributed by atoms with E-state index in [4.69, 9.17) is 0 Å². The molecule has 0 heteroatoms. The molecule has 0 radical (unpaired) electrons. The van der Waals surface area contributed by atoms with Gasteiger partial charge in [-0.3, -0.25) is 0 Å². The van der Waals surface area contributed by atoms with Crippen molar-refractivity contribution in [2.24, 2.45) is 0 Å². The summed E-state index contributed by atoms with van der Waals surface area (Å²) in [6, 6.07) is 15.4. The van der Waals surface area contributed by atoms with Crippen molar-refractivity contribution in [2.75, 3.05) is 0 Å². The molecule has 2 aromatic carbocycles. The van der Waals surface area contributed by atoms with Crippen molar-refractivity contribution in [3.05, 3.63) is 70.3 Å². The predicted octanol–water partition coefficient (Wildman–Crippen LogP) is 4.52. The van der Waals surface area contributed by atoms with Crippen molar-refractivity contribution in [2.45, 2.75) is 33.6 Å². The predicted molar refractivity (Wildman–Crippen MR) is 74.6 cm³/mol. The lowest BCUT2D eigenvalue weighted by Crippen LogP contribution is -2.08. The lowest BCUT2D eigenvalue weighted by molar-refractivity contribution is 0.986. The van der Waals surface area contributed by atoms with Crippen LogP contribution in [0.2, 0.25) is 0 Å². The molecule has 88 valence electrons. The highest BCUT2D eigenvalue weighted by molar-refractivity contribution is 5.47. The van der Waals surface area contributed by atoms with Crippen LogP contribution in [-0.2, 0) is 12.8 Å². The van der Waals surface area contributed by atoms with Crippen LogP contribution < -0.4 is 0 Å². The van der Waals surface area contributed by atoms with Gasteiger partial charge in [0.25, 0.3) is 0 Å². The number of fused-ring (bicyclic) bond motifs is 2. The van der Waals surface area contributed by atoms with Crippen LogP contribution in [0.3, 0.4) is 0 Å². The topological polar surface area (TPSA) is 0 Å². The molecule has 0 bridgehead atoms. The lowest BCUT2D eigenvalue weighted by Gasteiger charge is -2.21. The summed E-state index contributed by atoms with van der Waals surface area (Å²) in [6.07, 6.45) is 2.21. The number of aryl methyl sites for hydroxylation is 1. The summed E-state index contributed by atoms with van der Waals surface area (Å²) in [5, 5.41) is 0. The Hall–Kier alpha value is -1.56. The maximum Gasteiger partial charge on any atom is -0.00174 e. The molecule has 0 atom stereocenters. The third-order valence-corrected chi connectivity index (χ3v) is 3.37. The molecule has 0 aromatic heterocycles. The second-order valence-electron chi connectivity index (χ2n) is 4.33. The highest BCUT2D eigenvalue weighted by Gasteiger charge is 2.15. The summed E-state index contributed by atoms with van der Waals surface area (Å²) < 4.78 is 0. The minimum atomic E-state index is 1.10. The van der Waals surface area contributed by atoms with Gasteiger partial charge in [-0.25, -0.2) is 0 Å². The van der Waals surface area contributed by atoms with Crippen LogP contribution in [0.15, 0.2) is 42.5 Å². The molecular formula is C17H20. The second kappa shape index (κ2) is 5.18. The molecule has 0 aliphatic heterocycles. The zero-order valence-electron chi connectivity index (χ0n) is 11.0. The molecule has 17 heavy (non-hydrogen) atoms. The average molecular weight is 224 g/mol.